The summed E-state index contributed by atoms with van der Waals surface area (Å²) in [7, 11) is -5.17. The molecule has 0 aliphatic carbocycles. The molecule has 0 heterocycles. The van der Waals surface area contributed by atoms with Crippen molar-refractivity contribution in [1.29, 1.82) is 0 Å². The molecule has 0 aliphatic rings. The predicted octanol–water partition coefficient (Wildman–Crippen LogP) is 10.1. The summed E-state index contributed by atoms with van der Waals surface area (Å²) in [6.07, 6.45) is 40.3. The highest BCUT2D eigenvalue weighted by molar-refractivity contribution is 7.79. The fourth-order valence-electron chi connectivity index (χ4n) is 5.55. The lowest BCUT2D eigenvalue weighted by atomic mass is 9.89. The molecule has 0 bridgehead atoms. The lowest BCUT2D eigenvalue weighted by Gasteiger charge is -2.17. The van der Waals surface area contributed by atoms with Crippen LogP contribution >= 0.6 is 0 Å². The van der Waals surface area contributed by atoms with Crippen molar-refractivity contribution in [2.24, 2.45) is 10.8 Å². The Hall–Kier alpha value is -0.210. The number of unbranched alkanes of at least 4 members (excludes halogenated alkanes) is 24. The van der Waals surface area contributed by atoms with Gasteiger partial charge in [0.25, 0.3) is 0 Å². The fourth-order valence-corrected chi connectivity index (χ4v) is 5.55. The molecule has 0 aromatic heterocycles. The van der Waals surface area contributed by atoms with Gasteiger partial charge in [-0.05, 0) is 49.4 Å². The van der Waals surface area contributed by atoms with E-state index in [1.165, 1.54) is 180 Å². The standard InChI is InChI=1S/2C19H41N.H2O4S/c2*1-19(2,3)17-15-13-11-9-7-5-4-6-8-10-12-14-16-18-20;1-5(2,3)4/h2*4-18,20H2,1-3H3;(H2,1,2,3,4). The molecule has 0 saturated heterocycles. The Bertz CT molecular complexity index is 608. The molecule has 0 aromatic rings. The molecule has 45 heavy (non-hydrogen) atoms. The third-order valence-corrected chi connectivity index (χ3v) is 8.35. The van der Waals surface area contributed by atoms with Gasteiger partial charge in [-0.1, -0.05) is 183 Å². The minimum absolute atomic E-state index is 0.535. The highest BCUT2D eigenvalue weighted by atomic mass is 32.3. The smallest absolute Gasteiger partial charge is 0.0739 e. The zero-order valence-electron chi connectivity index (χ0n) is 31.7. The fraction of sp³-hybridized carbons (Fsp3) is 1.00. The normalized spacial score (nSPS) is 12.0. The van der Waals surface area contributed by atoms with Crippen molar-refractivity contribution in [3.63, 3.8) is 0 Å². The van der Waals surface area contributed by atoms with Crippen LogP contribution in [0, 0.1) is 10.8 Å². The van der Waals surface area contributed by atoms with Gasteiger partial charge in [-0.15, -0.1) is 0 Å². The van der Waals surface area contributed by atoms with Gasteiger partial charge in [-0.2, -0.15) is 0 Å². The van der Waals surface area contributed by atoms with Crippen LogP contribution in [-0.4, -0.2) is 30.6 Å². The van der Waals surface area contributed by atoms with E-state index >= 15 is 0 Å². The molecular formula is C38H84N2O4S. The van der Waals surface area contributed by atoms with Gasteiger partial charge < -0.3 is 20.6 Å². The second-order valence-corrected chi connectivity index (χ2v) is 16.7. The lowest BCUT2D eigenvalue weighted by molar-refractivity contribution is -0.368. The molecule has 0 aliphatic heterocycles. The monoisotopic (exact) mass is 665 g/mol. The van der Waals surface area contributed by atoms with Gasteiger partial charge in [0.15, 0.2) is 0 Å². The van der Waals surface area contributed by atoms with Crippen molar-refractivity contribution in [2.75, 3.05) is 13.1 Å². The number of quaternary nitrogens is 2. The molecule has 0 saturated carbocycles. The lowest BCUT2D eigenvalue weighted by Crippen LogP contribution is -2.50. The second kappa shape index (κ2) is 35.1. The number of hydrogen-bond donors (Lipinski definition) is 2. The average molecular weight is 665 g/mol. The molecule has 0 spiro atoms. The van der Waals surface area contributed by atoms with Gasteiger partial charge in [0.2, 0.25) is 0 Å². The van der Waals surface area contributed by atoms with Crippen LogP contribution in [0.1, 0.15) is 221 Å². The Morgan fingerprint density at radius 2 is 0.489 bits per heavy atom. The van der Waals surface area contributed by atoms with Crippen molar-refractivity contribution in [1.82, 2.24) is 0 Å². The third kappa shape index (κ3) is 67.0. The molecule has 0 atom stereocenters. The first kappa shape index (κ1) is 49.2. The Morgan fingerprint density at radius 1 is 0.356 bits per heavy atom. The summed E-state index contributed by atoms with van der Waals surface area (Å²) < 4.78 is 34.1. The Balaban J connectivity index is -0.000000680. The van der Waals surface area contributed by atoms with E-state index in [1.807, 2.05) is 0 Å². The summed E-state index contributed by atoms with van der Waals surface area (Å²) >= 11 is 0. The van der Waals surface area contributed by atoms with Crippen molar-refractivity contribution in [3.05, 3.63) is 0 Å². The minimum atomic E-state index is -5.17. The molecular weight excluding hydrogens is 580 g/mol. The first-order valence-electron chi connectivity index (χ1n) is 19.4. The van der Waals surface area contributed by atoms with Crippen LogP contribution in [0.25, 0.3) is 0 Å². The molecule has 276 valence electrons. The molecule has 0 amide bonds. The summed E-state index contributed by atoms with van der Waals surface area (Å²) in [5.41, 5.74) is 8.85. The van der Waals surface area contributed by atoms with Crippen LogP contribution < -0.4 is 11.5 Å². The van der Waals surface area contributed by atoms with Gasteiger partial charge in [-0.25, -0.2) is 0 Å². The summed E-state index contributed by atoms with van der Waals surface area (Å²) in [5, 5.41) is 0. The minimum Gasteiger partial charge on any atom is -0.759 e. The predicted molar refractivity (Wildman–Crippen MR) is 194 cm³/mol. The van der Waals surface area contributed by atoms with Crippen molar-refractivity contribution >= 4 is 10.4 Å². The van der Waals surface area contributed by atoms with Crippen molar-refractivity contribution in [3.8, 4) is 0 Å². The van der Waals surface area contributed by atoms with Crippen molar-refractivity contribution < 1.29 is 29.0 Å². The van der Waals surface area contributed by atoms with Crippen molar-refractivity contribution in [2.45, 2.75) is 221 Å². The second-order valence-electron chi connectivity index (χ2n) is 15.9. The number of rotatable bonds is 28. The van der Waals surface area contributed by atoms with E-state index in [0.717, 1.165) is 13.1 Å². The quantitative estimate of drug-likeness (QED) is 0.0488. The largest absolute Gasteiger partial charge is 0.759 e. The van der Waals surface area contributed by atoms with Gasteiger partial charge in [0.1, 0.15) is 0 Å². The van der Waals surface area contributed by atoms with E-state index in [1.54, 1.807) is 0 Å². The third-order valence-electron chi connectivity index (χ3n) is 8.35. The Kier molecular flexibility index (Phi) is 38.4. The molecule has 6 nitrogen and oxygen atoms in total. The Morgan fingerprint density at radius 3 is 0.622 bits per heavy atom. The van der Waals surface area contributed by atoms with E-state index in [-0.39, 0.29) is 0 Å². The molecule has 7 heteroatoms. The first-order valence-corrected chi connectivity index (χ1v) is 20.7. The zero-order chi connectivity index (χ0) is 34.7. The zero-order valence-corrected chi connectivity index (χ0v) is 32.5. The molecule has 0 fully saturated rings. The van der Waals surface area contributed by atoms with Gasteiger partial charge in [-0.3, -0.25) is 8.42 Å². The van der Waals surface area contributed by atoms with Crippen LogP contribution in [0.3, 0.4) is 0 Å². The van der Waals surface area contributed by atoms with E-state index in [9.17, 15) is 0 Å². The van der Waals surface area contributed by atoms with Gasteiger partial charge >= 0.3 is 0 Å². The topological polar surface area (TPSA) is 136 Å². The first-order chi connectivity index (χ1) is 21.1. The highest BCUT2D eigenvalue weighted by Gasteiger charge is 2.09. The Labute approximate surface area is 284 Å². The van der Waals surface area contributed by atoms with Crippen LogP contribution in [0.2, 0.25) is 0 Å². The molecule has 0 unspecified atom stereocenters. The maximum Gasteiger partial charge on any atom is 0.0739 e. The summed E-state index contributed by atoms with van der Waals surface area (Å²) in [5.74, 6) is 0. The van der Waals surface area contributed by atoms with Crippen LogP contribution in [0.4, 0.5) is 0 Å². The molecule has 0 rings (SSSR count). The summed E-state index contributed by atoms with van der Waals surface area (Å²) in [4.78, 5) is 0. The maximum absolute atomic E-state index is 8.52. The van der Waals surface area contributed by atoms with Gasteiger partial charge in [0, 0.05) is 10.4 Å². The molecule has 6 N–H and O–H groups in total. The van der Waals surface area contributed by atoms with E-state index < -0.39 is 10.4 Å². The molecule has 0 aromatic carbocycles. The van der Waals surface area contributed by atoms with E-state index in [0.29, 0.717) is 10.8 Å². The summed E-state index contributed by atoms with van der Waals surface area (Å²) in [6.45, 7) is 16.4. The van der Waals surface area contributed by atoms with Gasteiger partial charge in [0.05, 0.1) is 13.1 Å². The highest BCUT2D eigenvalue weighted by Crippen LogP contribution is 2.23. The maximum atomic E-state index is 8.52. The molecule has 0 radical (unpaired) electrons. The SMILES string of the molecule is CC(C)(C)CCCCCCCCCCCCCCC[NH3+].CC(C)(C)CCCCCCCCCCCCCCC[NH3+].O=S(=O)([O-])[O-]. The number of hydrogen-bond acceptors (Lipinski definition) is 4. The summed E-state index contributed by atoms with van der Waals surface area (Å²) in [6, 6.07) is 0. The average Bonchev–Trinajstić information content (AvgIpc) is 2.92. The van der Waals surface area contributed by atoms with E-state index in [2.05, 4.69) is 53.0 Å². The van der Waals surface area contributed by atoms with E-state index in [4.69, 9.17) is 17.5 Å². The van der Waals surface area contributed by atoms with Crippen LogP contribution in [-0.2, 0) is 10.4 Å². The van der Waals surface area contributed by atoms with Crippen LogP contribution in [0.15, 0.2) is 0 Å². The van der Waals surface area contributed by atoms with Crippen LogP contribution in [0.5, 0.6) is 0 Å².